The van der Waals surface area contributed by atoms with Crippen LogP contribution in [0.15, 0.2) is 0 Å². The third-order valence-electron chi connectivity index (χ3n) is 1.79. The van der Waals surface area contributed by atoms with Gasteiger partial charge in [-0.1, -0.05) is 22.6 Å². The lowest BCUT2D eigenvalue weighted by molar-refractivity contribution is 0.0958. The Morgan fingerprint density at radius 2 is 2.23 bits per heavy atom. The van der Waals surface area contributed by atoms with Crippen molar-refractivity contribution in [3.05, 3.63) is 11.3 Å². The molecule has 0 aliphatic heterocycles. The van der Waals surface area contributed by atoms with Crippen LogP contribution in [0.1, 0.15) is 16.1 Å². The summed E-state index contributed by atoms with van der Waals surface area (Å²) in [7, 11) is 0. The molecule has 0 fully saturated rings. The number of aromatic amines is 1. The van der Waals surface area contributed by atoms with E-state index >= 15 is 0 Å². The Hall–Kier alpha value is -0.920. The van der Waals surface area contributed by atoms with Crippen LogP contribution in [0.5, 0.6) is 0 Å². The summed E-state index contributed by atoms with van der Waals surface area (Å²) in [6, 6.07) is 0. The molecule has 0 unspecified atom stereocenters. The molecule has 1 aromatic rings. The topological polar surface area (TPSA) is 96.9 Å². The number of halogens is 1. The highest BCUT2D eigenvalue weighted by atomic mass is 127. The summed E-state index contributed by atoms with van der Waals surface area (Å²) < 4.78 is 0.536. The molecule has 72 valence electrons. The average Bonchev–Trinajstić information content (AvgIpc) is 2.33. The summed E-state index contributed by atoms with van der Waals surface area (Å²) in [6.07, 6.45) is 0. The van der Waals surface area contributed by atoms with Gasteiger partial charge in [-0.2, -0.15) is 0 Å². The summed E-state index contributed by atoms with van der Waals surface area (Å²) in [4.78, 5) is 14.1. The second kappa shape index (κ2) is 3.86. The van der Waals surface area contributed by atoms with Crippen molar-refractivity contribution in [1.82, 2.24) is 10.3 Å². The molecule has 0 aliphatic rings. The minimum atomic E-state index is -0.230. The van der Waals surface area contributed by atoms with Crippen molar-refractivity contribution in [2.75, 3.05) is 16.0 Å². The number of nitrogens with two attached hydrogens (primary N) is 2. The lowest BCUT2D eigenvalue weighted by atomic mass is 10.2. The van der Waals surface area contributed by atoms with Crippen molar-refractivity contribution in [1.29, 1.82) is 0 Å². The number of nitrogen functional groups attached to an aromatic ring is 2. The molecule has 6 heteroatoms. The van der Waals surface area contributed by atoms with Crippen molar-refractivity contribution < 1.29 is 4.79 Å². The standard InChI is InChI=1S/C7H11IN4O/c1-3-4(9)5(12-6(3)10)7(13)11-2-8/h12H,2,9-10H2,1H3,(H,11,13). The van der Waals surface area contributed by atoms with E-state index in [0.717, 1.165) is 5.56 Å². The van der Waals surface area contributed by atoms with Gasteiger partial charge in [-0.05, 0) is 6.92 Å². The van der Waals surface area contributed by atoms with Crippen LogP contribution in [-0.2, 0) is 0 Å². The molecule has 1 rings (SSSR count). The van der Waals surface area contributed by atoms with Gasteiger partial charge in [0.15, 0.2) is 0 Å². The van der Waals surface area contributed by atoms with Crippen molar-refractivity contribution >= 4 is 40.0 Å². The molecule has 1 aromatic heterocycles. The van der Waals surface area contributed by atoms with E-state index in [1.807, 2.05) is 22.6 Å². The smallest absolute Gasteiger partial charge is 0.270 e. The molecule has 0 aliphatic carbocycles. The summed E-state index contributed by atoms with van der Waals surface area (Å²) in [5, 5.41) is 2.62. The highest BCUT2D eigenvalue weighted by Crippen LogP contribution is 2.21. The van der Waals surface area contributed by atoms with Crippen LogP contribution in [0.2, 0.25) is 0 Å². The van der Waals surface area contributed by atoms with Crippen molar-refractivity contribution in [2.45, 2.75) is 6.92 Å². The minimum Gasteiger partial charge on any atom is -0.397 e. The highest BCUT2D eigenvalue weighted by molar-refractivity contribution is 14.1. The zero-order valence-electron chi connectivity index (χ0n) is 7.15. The van der Waals surface area contributed by atoms with Gasteiger partial charge in [-0.25, -0.2) is 0 Å². The first-order valence-electron chi connectivity index (χ1n) is 3.65. The zero-order chi connectivity index (χ0) is 10.0. The number of H-pyrrole nitrogens is 1. The maximum absolute atomic E-state index is 11.3. The van der Waals surface area contributed by atoms with Gasteiger partial charge in [0.05, 0.1) is 10.2 Å². The van der Waals surface area contributed by atoms with Gasteiger partial charge in [0.1, 0.15) is 11.5 Å². The zero-order valence-corrected chi connectivity index (χ0v) is 9.31. The number of alkyl halides is 1. The van der Waals surface area contributed by atoms with E-state index < -0.39 is 0 Å². The van der Waals surface area contributed by atoms with E-state index in [9.17, 15) is 4.79 Å². The molecular weight excluding hydrogens is 283 g/mol. The van der Waals surface area contributed by atoms with Crippen LogP contribution in [0.3, 0.4) is 0 Å². The quantitative estimate of drug-likeness (QED) is 0.365. The predicted molar refractivity (Wildman–Crippen MR) is 60.7 cm³/mol. The van der Waals surface area contributed by atoms with Gasteiger partial charge >= 0.3 is 0 Å². The van der Waals surface area contributed by atoms with E-state index in [1.165, 1.54) is 0 Å². The number of hydrogen-bond acceptors (Lipinski definition) is 3. The van der Waals surface area contributed by atoms with E-state index in [0.29, 0.717) is 21.8 Å². The van der Waals surface area contributed by atoms with Crippen LogP contribution in [0.4, 0.5) is 11.5 Å². The normalized spacial score (nSPS) is 10.0. The average molecular weight is 294 g/mol. The van der Waals surface area contributed by atoms with Gasteiger partial charge in [0.2, 0.25) is 0 Å². The van der Waals surface area contributed by atoms with E-state index in [4.69, 9.17) is 11.5 Å². The Kier molecular flexibility index (Phi) is 3.02. The Labute approximate surface area is 89.4 Å². The molecular formula is C7H11IN4O. The third-order valence-corrected chi connectivity index (χ3v) is 2.17. The van der Waals surface area contributed by atoms with Crippen LogP contribution >= 0.6 is 22.6 Å². The van der Waals surface area contributed by atoms with Crippen LogP contribution in [0, 0.1) is 6.92 Å². The first kappa shape index (κ1) is 10.2. The van der Waals surface area contributed by atoms with Gasteiger partial charge in [-0.3, -0.25) is 4.79 Å². The van der Waals surface area contributed by atoms with Gasteiger partial charge in [0.25, 0.3) is 5.91 Å². The van der Waals surface area contributed by atoms with Crippen LogP contribution in [-0.4, -0.2) is 15.4 Å². The number of rotatable bonds is 2. The molecule has 0 saturated carbocycles. The Balaban J connectivity index is 3.01. The predicted octanol–water partition coefficient (Wildman–Crippen LogP) is 0.610. The molecule has 1 heterocycles. The maximum Gasteiger partial charge on any atom is 0.270 e. The number of amides is 1. The van der Waals surface area contributed by atoms with E-state index in [1.54, 1.807) is 6.92 Å². The van der Waals surface area contributed by atoms with E-state index in [2.05, 4.69) is 10.3 Å². The lowest BCUT2D eigenvalue weighted by Crippen LogP contribution is -2.22. The van der Waals surface area contributed by atoms with Crippen molar-refractivity contribution in [3.63, 3.8) is 0 Å². The van der Waals surface area contributed by atoms with Gasteiger partial charge < -0.3 is 21.8 Å². The fourth-order valence-corrected chi connectivity index (χ4v) is 1.30. The molecule has 5 nitrogen and oxygen atoms in total. The molecule has 13 heavy (non-hydrogen) atoms. The van der Waals surface area contributed by atoms with Gasteiger partial charge in [0, 0.05) is 5.56 Å². The first-order valence-corrected chi connectivity index (χ1v) is 5.18. The first-order chi connectivity index (χ1) is 6.07. The number of hydrogen-bond donors (Lipinski definition) is 4. The monoisotopic (exact) mass is 294 g/mol. The minimum absolute atomic E-state index is 0.230. The van der Waals surface area contributed by atoms with Crippen molar-refractivity contribution in [2.24, 2.45) is 0 Å². The summed E-state index contributed by atoms with van der Waals surface area (Å²) in [6.45, 7) is 1.77. The summed E-state index contributed by atoms with van der Waals surface area (Å²) in [5.41, 5.74) is 12.7. The number of aromatic nitrogens is 1. The molecule has 0 aromatic carbocycles. The lowest BCUT2D eigenvalue weighted by Gasteiger charge is -1.99. The van der Waals surface area contributed by atoms with Gasteiger partial charge in [-0.15, -0.1) is 0 Å². The molecule has 1 amide bonds. The SMILES string of the molecule is Cc1c(N)[nH]c(C(=O)NCI)c1N. The fourth-order valence-electron chi connectivity index (χ4n) is 0.956. The third kappa shape index (κ3) is 1.87. The van der Waals surface area contributed by atoms with E-state index in [-0.39, 0.29) is 5.91 Å². The Morgan fingerprint density at radius 3 is 2.62 bits per heavy atom. The maximum atomic E-state index is 11.3. The molecule has 0 saturated heterocycles. The molecule has 0 bridgehead atoms. The molecule has 0 atom stereocenters. The second-order valence-electron chi connectivity index (χ2n) is 2.59. The molecule has 0 spiro atoms. The number of nitrogens with one attached hydrogen (secondary N) is 2. The van der Waals surface area contributed by atoms with Crippen molar-refractivity contribution in [3.8, 4) is 0 Å². The van der Waals surface area contributed by atoms with Crippen LogP contribution < -0.4 is 16.8 Å². The fraction of sp³-hybridized carbons (Fsp3) is 0.286. The summed E-state index contributed by atoms with van der Waals surface area (Å²) >= 11 is 2.04. The Bertz CT molecular complexity index is 333. The highest BCUT2D eigenvalue weighted by Gasteiger charge is 2.15. The number of anilines is 2. The molecule has 0 radical (unpaired) electrons. The summed E-state index contributed by atoms with van der Waals surface area (Å²) in [5.74, 6) is 0.211. The van der Waals surface area contributed by atoms with Crippen LogP contribution in [0.25, 0.3) is 0 Å². The largest absolute Gasteiger partial charge is 0.397 e. The number of carbonyl (C=O) groups excluding carboxylic acids is 1. The number of carbonyl (C=O) groups is 1. The Morgan fingerprint density at radius 1 is 1.62 bits per heavy atom. The molecule has 6 N–H and O–H groups in total. The second-order valence-corrected chi connectivity index (χ2v) is 3.35.